The van der Waals surface area contributed by atoms with Crippen LogP contribution in [0.1, 0.15) is 28.6 Å². The van der Waals surface area contributed by atoms with Gasteiger partial charge < -0.3 is 19.3 Å². The third-order valence-corrected chi connectivity index (χ3v) is 3.18. The quantitative estimate of drug-likeness (QED) is 0.852. The van der Waals surface area contributed by atoms with E-state index in [4.69, 9.17) is 14.0 Å². The zero-order valence-electron chi connectivity index (χ0n) is 13.4. The number of hydrogen-bond donors (Lipinski definition) is 1. The second-order valence-corrected chi connectivity index (χ2v) is 5.04. The number of benzene rings is 1. The molecule has 0 saturated heterocycles. The Morgan fingerprint density at radius 1 is 1.26 bits per heavy atom. The van der Waals surface area contributed by atoms with Crippen LogP contribution in [0.3, 0.4) is 0 Å². The molecule has 1 aromatic heterocycles. The molecule has 1 aromatic carbocycles. The lowest BCUT2D eigenvalue weighted by Crippen LogP contribution is -2.30. The third-order valence-electron chi connectivity index (χ3n) is 3.18. The van der Waals surface area contributed by atoms with Crippen LogP contribution in [0.25, 0.3) is 0 Å². The van der Waals surface area contributed by atoms with Crippen LogP contribution in [-0.2, 0) is 9.53 Å². The summed E-state index contributed by atoms with van der Waals surface area (Å²) in [5.41, 5.74) is 1.21. The number of ether oxygens (including phenoxy) is 2. The number of carbonyl (C=O) groups excluding carboxylic acids is 2. The molecule has 1 heterocycles. The molecule has 0 fully saturated rings. The van der Waals surface area contributed by atoms with Crippen molar-refractivity contribution < 1.29 is 23.6 Å². The Labute approximate surface area is 133 Å². The highest BCUT2D eigenvalue weighted by atomic mass is 16.5. The number of esters is 1. The fourth-order valence-electron chi connectivity index (χ4n) is 1.88. The van der Waals surface area contributed by atoms with Crippen molar-refractivity contribution in [3.8, 4) is 5.75 Å². The van der Waals surface area contributed by atoms with Gasteiger partial charge in [0, 0.05) is 6.07 Å². The Bertz CT molecular complexity index is 723. The van der Waals surface area contributed by atoms with Crippen molar-refractivity contribution >= 4 is 17.7 Å². The molecule has 2 rings (SSSR count). The highest BCUT2D eigenvalue weighted by molar-refractivity contribution is 5.97. The highest BCUT2D eigenvalue weighted by Gasteiger charge is 2.20. The monoisotopic (exact) mass is 318 g/mol. The zero-order chi connectivity index (χ0) is 17.0. The van der Waals surface area contributed by atoms with Gasteiger partial charge in [-0.1, -0.05) is 11.2 Å². The number of aromatic nitrogens is 1. The fourth-order valence-corrected chi connectivity index (χ4v) is 1.88. The van der Waals surface area contributed by atoms with E-state index < -0.39 is 18.0 Å². The number of aryl methyl sites for hydroxylation is 2. The summed E-state index contributed by atoms with van der Waals surface area (Å²) in [6.07, 6.45) is -0.980. The van der Waals surface area contributed by atoms with Gasteiger partial charge in [-0.3, -0.25) is 4.79 Å². The topological polar surface area (TPSA) is 90.7 Å². The van der Waals surface area contributed by atoms with Gasteiger partial charge in [0.1, 0.15) is 11.5 Å². The van der Waals surface area contributed by atoms with Crippen LogP contribution in [-0.4, -0.2) is 30.2 Å². The predicted octanol–water partition coefficient (Wildman–Crippen LogP) is 2.48. The van der Waals surface area contributed by atoms with E-state index in [2.05, 4.69) is 10.5 Å². The summed E-state index contributed by atoms with van der Waals surface area (Å²) in [4.78, 5) is 24.1. The lowest BCUT2D eigenvalue weighted by molar-refractivity contribution is -0.123. The number of rotatable bonds is 5. The van der Waals surface area contributed by atoms with Crippen molar-refractivity contribution in [3.05, 3.63) is 41.2 Å². The molecular weight excluding hydrogens is 300 g/mol. The van der Waals surface area contributed by atoms with Crippen LogP contribution in [0.4, 0.5) is 5.82 Å². The van der Waals surface area contributed by atoms with E-state index in [0.29, 0.717) is 17.1 Å². The zero-order valence-corrected chi connectivity index (χ0v) is 13.4. The van der Waals surface area contributed by atoms with E-state index in [0.717, 1.165) is 5.56 Å². The van der Waals surface area contributed by atoms with Crippen molar-refractivity contribution in [1.29, 1.82) is 0 Å². The molecule has 0 aliphatic heterocycles. The number of nitrogens with one attached hydrogen (secondary N) is 1. The van der Waals surface area contributed by atoms with Gasteiger partial charge in [0.25, 0.3) is 5.91 Å². The van der Waals surface area contributed by atoms with E-state index in [-0.39, 0.29) is 5.82 Å². The molecule has 0 spiro atoms. The summed E-state index contributed by atoms with van der Waals surface area (Å²) in [6, 6.07) is 6.50. The summed E-state index contributed by atoms with van der Waals surface area (Å²) in [5, 5.41) is 6.15. The lowest BCUT2D eigenvalue weighted by atomic mass is 10.1. The van der Waals surface area contributed by atoms with Crippen molar-refractivity contribution in [2.45, 2.75) is 26.9 Å². The average Bonchev–Trinajstić information content (AvgIpc) is 2.92. The molecule has 0 unspecified atom stereocenters. The van der Waals surface area contributed by atoms with Gasteiger partial charge in [-0.25, -0.2) is 4.79 Å². The predicted molar refractivity (Wildman–Crippen MR) is 82.5 cm³/mol. The summed E-state index contributed by atoms with van der Waals surface area (Å²) < 4.78 is 15.2. The number of hydrogen-bond acceptors (Lipinski definition) is 6. The van der Waals surface area contributed by atoms with Crippen LogP contribution in [0.15, 0.2) is 28.8 Å². The van der Waals surface area contributed by atoms with E-state index in [1.165, 1.54) is 14.0 Å². The molecule has 1 N–H and O–H groups in total. The van der Waals surface area contributed by atoms with Gasteiger partial charge in [-0.05, 0) is 38.5 Å². The first-order valence-corrected chi connectivity index (χ1v) is 7.00. The molecule has 0 saturated carbocycles. The maximum absolute atomic E-state index is 12.1. The maximum atomic E-state index is 12.1. The number of carbonyl (C=O) groups is 2. The minimum atomic E-state index is -0.980. The van der Waals surface area contributed by atoms with Crippen molar-refractivity contribution in [3.63, 3.8) is 0 Å². The van der Waals surface area contributed by atoms with E-state index in [1.807, 2.05) is 6.92 Å². The lowest BCUT2D eigenvalue weighted by Gasteiger charge is -2.13. The second kappa shape index (κ2) is 6.95. The van der Waals surface area contributed by atoms with Gasteiger partial charge in [-0.2, -0.15) is 0 Å². The minimum Gasteiger partial charge on any atom is -0.496 e. The Kier molecular flexibility index (Phi) is 5.00. The maximum Gasteiger partial charge on any atom is 0.339 e. The van der Waals surface area contributed by atoms with Gasteiger partial charge in [-0.15, -0.1) is 0 Å². The first-order chi connectivity index (χ1) is 10.9. The van der Waals surface area contributed by atoms with Gasteiger partial charge >= 0.3 is 5.97 Å². The smallest absolute Gasteiger partial charge is 0.339 e. The molecule has 23 heavy (non-hydrogen) atoms. The molecule has 0 aliphatic carbocycles. The molecule has 0 radical (unpaired) electrons. The Hall–Kier alpha value is -2.83. The van der Waals surface area contributed by atoms with E-state index in [1.54, 1.807) is 31.2 Å². The molecule has 1 amide bonds. The van der Waals surface area contributed by atoms with Crippen molar-refractivity contribution in [2.75, 3.05) is 12.4 Å². The highest BCUT2D eigenvalue weighted by Crippen LogP contribution is 2.20. The van der Waals surface area contributed by atoms with Crippen molar-refractivity contribution in [1.82, 2.24) is 5.16 Å². The number of nitrogens with zero attached hydrogens (tertiary/aromatic N) is 1. The first-order valence-electron chi connectivity index (χ1n) is 7.00. The second-order valence-electron chi connectivity index (χ2n) is 5.04. The summed E-state index contributed by atoms with van der Waals surface area (Å²) in [6.45, 7) is 5.05. The van der Waals surface area contributed by atoms with Crippen LogP contribution < -0.4 is 10.1 Å². The van der Waals surface area contributed by atoms with E-state index in [9.17, 15) is 9.59 Å². The standard InChI is InChI=1S/C16H18N2O5/c1-9-5-6-12(8-13(9)21-4)16(20)22-11(3)15(19)17-14-7-10(2)23-18-14/h5-8,11H,1-4H3,(H,17,18,19)/t11-/m1/s1. The van der Waals surface area contributed by atoms with Crippen LogP contribution in [0, 0.1) is 13.8 Å². The first kappa shape index (κ1) is 16.5. The molecule has 0 aliphatic rings. The minimum absolute atomic E-state index is 0.271. The molecule has 122 valence electrons. The number of methoxy groups -OCH3 is 1. The van der Waals surface area contributed by atoms with Gasteiger partial charge in [0.2, 0.25) is 0 Å². The molecule has 0 bridgehead atoms. The van der Waals surface area contributed by atoms with Crippen LogP contribution >= 0.6 is 0 Å². The Morgan fingerprint density at radius 3 is 2.61 bits per heavy atom. The fraction of sp³-hybridized carbons (Fsp3) is 0.312. The Morgan fingerprint density at radius 2 is 2.00 bits per heavy atom. The number of anilines is 1. The molecule has 7 nitrogen and oxygen atoms in total. The summed E-state index contributed by atoms with van der Waals surface area (Å²) in [5.74, 6) is 0.312. The molecule has 2 aromatic rings. The van der Waals surface area contributed by atoms with Gasteiger partial charge in [0.05, 0.1) is 12.7 Å². The largest absolute Gasteiger partial charge is 0.496 e. The van der Waals surface area contributed by atoms with Crippen LogP contribution in [0.2, 0.25) is 0 Å². The van der Waals surface area contributed by atoms with E-state index >= 15 is 0 Å². The molecular formula is C16H18N2O5. The molecule has 7 heteroatoms. The van der Waals surface area contributed by atoms with Crippen LogP contribution in [0.5, 0.6) is 5.75 Å². The number of amides is 1. The SMILES string of the molecule is COc1cc(C(=O)O[C@H](C)C(=O)Nc2cc(C)on2)ccc1C. The van der Waals surface area contributed by atoms with Crippen molar-refractivity contribution in [2.24, 2.45) is 0 Å². The summed E-state index contributed by atoms with van der Waals surface area (Å²) >= 11 is 0. The normalized spacial score (nSPS) is 11.7. The Balaban J connectivity index is 2.00. The third kappa shape index (κ3) is 4.09. The summed E-state index contributed by atoms with van der Waals surface area (Å²) in [7, 11) is 1.52. The average molecular weight is 318 g/mol. The molecule has 1 atom stereocenters. The van der Waals surface area contributed by atoms with Gasteiger partial charge in [0.15, 0.2) is 11.9 Å².